The van der Waals surface area contributed by atoms with Gasteiger partial charge in [0.25, 0.3) is 0 Å². The summed E-state index contributed by atoms with van der Waals surface area (Å²) in [5.74, 6) is -0.438. The summed E-state index contributed by atoms with van der Waals surface area (Å²) >= 11 is 2.82. The highest BCUT2D eigenvalue weighted by molar-refractivity contribution is 9.10. The van der Waals surface area contributed by atoms with E-state index in [0.29, 0.717) is 0 Å². The van der Waals surface area contributed by atoms with Gasteiger partial charge < -0.3 is 14.8 Å². The van der Waals surface area contributed by atoms with Crippen LogP contribution in [0.5, 0.6) is 5.75 Å². The third kappa shape index (κ3) is 3.73. The number of halogens is 4. The fourth-order valence-corrected chi connectivity index (χ4v) is 1.36. The minimum absolute atomic E-state index is 0.00887. The van der Waals surface area contributed by atoms with Gasteiger partial charge in [-0.15, -0.1) is 13.2 Å². The molecule has 0 aliphatic heterocycles. The molecule has 0 spiro atoms. The van der Waals surface area contributed by atoms with Gasteiger partial charge in [0.2, 0.25) is 0 Å². The van der Waals surface area contributed by atoms with Gasteiger partial charge in [0, 0.05) is 0 Å². The average Bonchev–Trinajstić information content (AvgIpc) is 2.05. The van der Waals surface area contributed by atoms with Crippen molar-refractivity contribution >= 4 is 28.5 Å². The molecule has 0 amide bonds. The molecule has 15 heavy (non-hydrogen) atoms. The lowest BCUT2D eigenvalue weighted by Crippen LogP contribution is -2.29. The van der Waals surface area contributed by atoms with E-state index in [2.05, 4.69) is 20.7 Å². The molecule has 0 fully saturated rings. The first-order chi connectivity index (χ1) is 6.79. The second-order valence-electron chi connectivity index (χ2n) is 2.61. The Kier molecular flexibility index (Phi) is 3.64. The highest BCUT2D eigenvalue weighted by Crippen LogP contribution is 2.29. The molecule has 8 heteroatoms. The van der Waals surface area contributed by atoms with Gasteiger partial charge in [0.05, 0.1) is 4.47 Å². The Balaban J connectivity index is 2.94. The van der Waals surface area contributed by atoms with Crippen LogP contribution in [0, 0.1) is 0 Å². The summed E-state index contributed by atoms with van der Waals surface area (Å²) in [5.41, 5.74) is 0.0661. The molecule has 0 unspecified atom stereocenters. The van der Waals surface area contributed by atoms with Gasteiger partial charge >= 0.3 is 13.5 Å². The molecule has 0 atom stereocenters. The van der Waals surface area contributed by atoms with Crippen LogP contribution in [-0.2, 0) is 0 Å². The average molecular weight is 285 g/mol. The van der Waals surface area contributed by atoms with E-state index in [1.54, 1.807) is 0 Å². The molecule has 0 heterocycles. The van der Waals surface area contributed by atoms with Crippen LogP contribution in [-0.4, -0.2) is 23.5 Å². The lowest BCUT2D eigenvalue weighted by Gasteiger charge is -2.11. The normalized spacial score (nSPS) is 11.3. The van der Waals surface area contributed by atoms with Gasteiger partial charge in [-0.05, 0) is 33.5 Å². The van der Waals surface area contributed by atoms with E-state index >= 15 is 0 Å². The molecule has 0 saturated carbocycles. The Morgan fingerprint density at radius 1 is 1.27 bits per heavy atom. The van der Waals surface area contributed by atoms with E-state index in [1.807, 2.05) is 0 Å². The predicted octanol–water partition coefficient (Wildman–Crippen LogP) is 1.03. The number of ether oxygens (including phenoxy) is 1. The first-order valence-electron chi connectivity index (χ1n) is 3.71. The van der Waals surface area contributed by atoms with E-state index < -0.39 is 19.2 Å². The number of hydrogen-bond donors (Lipinski definition) is 2. The van der Waals surface area contributed by atoms with Crippen LogP contribution in [0.1, 0.15) is 0 Å². The summed E-state index contributed by atoms with van der Waals surface area (Å²) in [4.78, 5) is 0. The molecular formula is C7H5BBrF3O3. The maximum Gasteiger partial charge on any atom is 0.573 e. The zero-order chi connectivity index (χ0) is 11.6. The summed E-state index contributed by atoms with van der Waals surface area (Å²) in [6.45, 7) is 0. The van der Waals surface area contributed by atoms with Gasteiger partial charge in [-0.25, -0.2) is 0 Å². The van der Waals surface area contributed by atoms with Crippen LogP contribution in [0.15, 0.2) is 22.7 Å². The summed E-state index contributed by atoms with van der Waals surface area (Å²) in [6, 6.07) is 3.24. The largest absolute Gasteiger partial charge is 0.573 e. The van der Waals surface area contributed by atoms with E-state index in [-0.39, 0.29) is 9.94 Å². The number of hydrogen-bond acceptors (Lipinski definition) is 3. The van der Waals surface area contributed by atoms with Gasteiger partial charge in [-0.1, -0.05) is 6.07 Å². The molecule has 0 bridgehead atoms. The third-order valence-electron chi connectivity index (χ3n) is 1.48. The fraction of sp³-hybridized carbons (Fsp3) is 0.143. The number of rotatable bonds is 2. The van der Waals surface area contributed by atoms with Crippen molar-refractivity contribution in [2.24, 2.45) is 0 Å². The Morgan fingerprint density at radius 2 is 1.87 bits per heavy atom. The van der Waals surface area contributed by atoms with Crippen LogP contribution in [0.3, 0.4) is 0 Å². The minimum Gasteiger partial charge on any atom is -0.423 e. The lowest BCUT2D eigenvalue weighted by molar-refractivity contribution is -0.274. The van der Waals surface area contributed by atoms with Crippen molar-refractivity contribution < 1.29 is 28.0 Å². The smallest absolute Gasteiger partial charge is 0.423 e. The maximum absolute atomic E-state index is 11.8. The molecule has 0 aliphatic carbocycles. The zero-order valence-corrected chi connectivity index (χ0v) is 8.71. The van der Waals surface area contributed by atoms with Gasteiger partial charge in [0.15, 0.2) is 0 Å². The van der Waals surface area contributed by atoms with Gasteiger partial charge in [-0.2, -0.15) is 0 Å². The predicted molar refractivity (Wildman–Crippen MR) is 50.7 cm³/mol. The van der Waals surface area contributed by atoms with Crippen molar-refractivity contribution in [2.45, 2.75) is 6.36 Å². The molecule has 3 nitrogen and oxygen atoms in total. The molecule has 0 aliphatic rings. The maximum atomic E-state index is 11.8. The second kappa shape index (κ2) is 4.42. The van der Waals surface area contributed by atoms with Crippen molar-refractivity contribution in [1.82, 2.24) is 0 Å². The highest BCUT2D eigenvalue weighted by atomic mass is 79.9. The van der Waals surface area contributed by atoms with E-state index in [0.717, 1.165) is 18.2 Å². The summed E-state index contributed by atoms with van der Waals surface area (Å²) < 4.78 is 39.2. The van der Waals surface area contributed by atoms with E-state index in [9.17, 15) is 13.2 Å². The van der Waals surface area contributed by atoms with Crippen molar-refractivity contribution in [3.05, 3.63) is 22.7 Å². The van der Waals surface area contributed by atoms with Crippen LogP contribution in [0.2, 0.25) is 0 Å². The molecule has 1 aromatic carbocycles. The molecule has 1 rings (SSSR count). The molecule has 82 valence electrons. The van der Waals surface area contributed by atoms with Crippen LogP contribution < -0.4 is 10.2 Å². The standard InChI is InChI=1S/C7H5BBrF3O3/c9-5-3-4(8(13)14)1-2-6(5)15-7(10,11)12/h1-3,13-14H. The number of benzene rings is 1. The van der Waals surface area contributed by atoms with Crippen molar-refractivity contribution in [3.63, 3.8) is 0 Å². The van der Waals surface area contributed by atoms with Gasteiger partial charge in [-0.3, -0.25) is 0 Å². The van der Waals surface area contributed by atoms with Crippen molar-refractivity contribution in [1.29, 1.82) is 0 Å². The molecule has 1 aromatic rings. The Hall–Kier alpha value is -0.725. The topological polar surface area (TPSA) is 49.7 Å². The van der Waals surface area contributed by atoms with E-state index in [1.165, 1.54) is 0 Å². The summed E-state index contributed by atoms with van der Waals surface area (Å²) in [6.07, 6.45) is -4.78. The quantitative estimate of drug-likeness (QED) is 0.798. The Labute approximate surface area is 91.8 Å². The Morgan fingerprint density at radius 3 is 2.27 bits per heavy atom. The second-order valence-corrected chi connectivity index (χ2v) is 3.47. The fourth-order valence-electron chi connectivity index (χ4n) is 0.885. The van der Waals surface area contributed by atoms with Crippen LogP contribution >= 0.6 is 15.9 Å². The first kappa shape index (κ1) is 12.3. The molecule has 0 saturated heterocycles. The third-order valence-corrected chi connectivity index (χ3v) is 2.10. The van der Waals surface area contributed by atoms with E-state index in [4.69, 9.17) is 10.0 Å². The molecule has 0 radical (unpaired) electrons. The van der Waals surface area contributed by atoms with Crippen molar-refractivity contribution in [2.75, 3.05) is 0 Å². The van der Waals surface area contributed by atoms with Crippen molar-refractivity contribution in [3.8, 4) is 5.75 Å². The minimum atomic E-state index is -4.78. The molecule has 2 N–H and O–H groups in total. The Bertz CT molecular complexity index is 356. The number of alkyl halides is 3. The summed E-state index contributed by atoms with van der Waals surface area (Å²) in [5, 5.41) is 17.5. The molecule has 0 aromatic heterocycles. The lowest BCUT2D eigenvalue weighted by atomic mass is 9.80. The first-order valence-corrected chi connectivity index (χ1v) is 4.50. The monoisotopic (exact) mass is 284 g/mol. The SMILES string of the molecule is OB(O)c1ccc(OC(F)(F)F)c(Br)c1. The van der Waals surface area contributed by atoms with Crippen LogP contribution in [0.25, 0.3) is 0 Å². The van der Waals surface area contributed by atoms with Crippen LogP contribution in [0.4, 0.5) is 13.2 Å². The van der Waals surface area contributed by atoms with Gasteiger partial charge in [0.1, 0.15) is 5.75 Å². The molecular weight excluding hydrogens is 280 g/mol. The summed E-state index contributed by atoms with van der Waals surface area (Å²) in [7, 11) is -1.73. The zero-order valence-electron chi connectivity index (χ0n) is 7.12. The highest BCUT2D eigenvalue weighted by Gasteiger charge is 2.32.